The quantitative estimate of drug-likeness (QED) is 0.819. The van der Waals surface area contributed by atoms with Gasteiger partial charge in [0.2, 0.25) is 0 Å². The van der Waals surface area contributed by atoms with Gasteiger partial charge in [0.25, 0.3) is 0 Å². The van der Waals surface area contributed by atoms with Crippen LogP contribution in [-0.2, 0) is 4.74 Å². The molecule has 2 unspecified atom stereocenters. The number of nitrogens with zero attached hydrogens (tertiary/aromatic N) is 1. The zero-order valence-corrected chi connectivity index (χ0v) is 14.0. The first-order chi connectivity index (χ1) is 9.04. The van der Waals surface area contributed by atoms with Crippen LogP contribution in [0, 0.1) is 0 Å². The fraction of sp³-hybridized carbons (Fsp3) is 0.571. The van der Waals surface area contributed by atoms with E-state index in [1.54, 1.807) is 7.11 Å². The SMILES string of the molecule is CCN(C(C)COC)C(CN)c1ccc(Cl)c(Br)c1. The minimum Gasteiger partial charge on any atom is -0.383 e. The number of methoxy groups -OCH3 is 1. The van der Waals surface area contributed by atoms with Crippen molar-refractivity contribution >= 4 is 27.5 Å². The third-order valence-corrected chi connectivity index (χ3v) is 4.51. The second-order valence-corrected chi connectivity index (χ2v) is 5.82. The van der Waals surface area contributed by atoms with E-state index in [0.717, 1.165) is 11.0 Å². The van der Waals surface area contributed by atoms with E-state index in [9.17, 15) is 0 Å². The smallest absolute Gasteiger partial charge is 0.0615 e. The maximum Gasteiger partial charge on any atom is 0.0615 e. The first-order valence-electron chi connectivity index (χ1n) is 6.44. The average Bonchev–Trinajstić information content (AvgIpc) is 2.39. The van der Waals surface area contributed by atoms with Gasteiger partial charge in [-0.15, -0.1) is 0 Å². The van der Waals surface area contributed by atoms with Crippen LogP contribution in [0.3, 0.4) is 0 Å². The summed E-state index contributed by atoms with van der Waals surface area (Å²) in [5, 5.41) is 0.715. The highest BCUT2D eigenvalue weighted by molar-refractivity contribution is 9.10. The second kappa shape index (κ2) is 8.22. The third kappa shape index (κ3) is 4.43. The van der Waals surface area contributed by atoms with Gasteiger partial charge in [-0.2, -0.15) is 0 Å². The normalized spacial score (nSPS) is 14.7. The topological polar surface area (TPSA) is 38.5 Å². The Kier molecular flexibility index (Phi) is 7.32. The summed E-state index contributed by atoms with van der Waals surface area (Å²) in [6.07, 6.45) is 0. The minimum atomic E-state index is 0.170. The average molecular weight is 350 g/mol. The predicted molar refractivity (Wildman–Crippen MR) is 84.7 cm³/mol. The van der Waals surface area contributed by atoms with Gasteiger partial charge in [0, 0.05) is 30.2 Å². The van der Waals surface area contributed by atoms with Gasteiger partial charge in [0.15, 0.2) is 0 Å². The van der Waals surface area contributed by atoms with Crippen LogP contribution in [0.4, 0.5) is 0 Å². The molecule has 0 amide bonds. The molecule has 0 aliphatic rings. The van der Waals surface area contributed by atoms with Crippen molar-refractivity contribution in [1.82, 2.24) is 4.90 Å². The van der Waals surface area contributed by atoms with Gasteiger partial charge in [-0.1, -0.05) is 24.6 Å². The maximum atomic E-state index is 6.04. The number of halogens is 2. The molecule has 2 atom stereocenters. The summed E-state index contributed by atoms with van der Waals surface area (Å²) in [5.74, 6) is 0. The molecule has 1 aromatic rings. The van der Waals surface area contributed by atoms with Crippen molar-refractivity contribution in [2.45, 2.75) is 25.9 Å². The Morgan fingerprint density at radius 3 is 2.63 bits per heavy atom. The van der Waals surface area contributed by atoms with E-state index < -0.39 is 0 Å². The zero-order chi connectivity index (χ0) is 14.4. The molecule has 3 nitrogen and oxygen atoms in total. The molecule has 0 aromatic heterocycles. The number of ether oxygens (including phenoxy) is 1. The van der Waals surface area contributed by atoms with Crippen molar-refractivity contribution in [2.24, 2.45) is 5.73 Å². The van der Waals surface area contributed by atoms with E-state index >= 15 is 0 Å². The highest BCUT2D eigenvalue weighted by Crippen LogP contribution is 2.29. The number of rotatable bonds is 7. The molecule has 1 rings (SSSR count). The highest BCUT2D eigenvalue weighted by Gasteiger charge is 2.23. The van der Waals surface area contributed by atoms with Gasteiger partial charge in [0.05, 0.1) is 11.6 Å². The number of hydrogen-bond donors (Lipinski definition) is 1. The fourth-order valence-corrected chi connectivity index (χ4v) is 2.87. The Morgan fingerprint density at radius 2 is 2.16 bits per heavy atom. The summed E-state index contributed by atoms with van der Waals surface area (Å²) in [4.78, 5) is 2.35. The van der Waals surface area contributed by atoms with Crippen molar-refractivity contribution in [1.29, 1.82) is 0 Å². The third-order valence-electron chi connectivity index (χ3n) is 3.29. The lowest BCUT2D eigenvalue weighted by Gasteiger charge is -2.35. The van der Waals surface area contributed by atoms with E-state index in [1.807, 2.05) is 18.2 Å². The molecule has 0 radical (unpaired) electrons. The Labute approximate surface area is 129 Å². The summed E-state index contributed by atoms with van der Waals surface area (Å²) in [7, 11) is 1.72. The first-order valence-corrected chi connectivity index (χ1v) is 7.61. The largest absolute Gasteiger partial charge is 0.383 e. The number of nitrogens with two attached hydrogens (primary N) is 1. The molecule has 0 saturated heterocycles. The Morgan fingerprint density at radius 1 is 1.47 bits per heavy atom. The highest BCUT2D eigenvalue weighted by atomic mass is 79.9. The molecule has 0 bridgehead atoms. The molecule has 19 heavy (non-hydrogen) atoms. The molecule has 1 aromatic carbocycles. The van der Waals surface area contributed by atoms with Crippen molar-refractivity contribution < 1.29 is 4.74 Å². The van der Waals surface area contributed by atoms with Crippen LogP contribution in [0.5, 0.6) is 0 Å². The van der Waals surface area contributed by atoms with Crippen LogP contribution >= 0.6 is 27.5 Å². The van der Waals surface area contributed by atoms with Crippen LogP contribution in [-0.4, -0.2) is 37.7 Å². The molecule has 0 heterocycles. The second-order valence-electron chi connectivity index (χ2n) is 4.56. The van der Waals surface area contributed by atoms with Crippen LogP contribution in [0.1, 0.15) is 25.5 Å². The van der Waals surface area contributed by atoms with Gasteiger partial charge in [-0.3, -0.25) is 4.90 Å². The fourth-order valence-electron chi connectivity index (χ4n) is 2.36. The van der Waals surface area contributed by atoms with Gasteiger partial charge in [-0.05, 0) is 47.1 Å². The first kappa shape index (κ1) is 16.9. The molecule has 5 heteroatoms. The molecular formula is C14H22BrClN2O. The molecule has 108 valence electrons. The molecule has 0 aliphatic carbocycles. The van der Waals surface area contributed by atoms with E-state index in [2.05, 4.69) is 34.7 Å². The lowest BCUT2D eigenvalue weighted by atomic mass is 10.0. The van der Waals surface area contributed by atoms with Crippen LogP contribution < -0.4 is 5.73 Å². The van der Waals surface area contributed by atoms with Crippen LogP contribution in [0.15, 0.2) is 22.7 Å². The van der Waals surface area contributed by atoms with E-state index in [4.69, 9.17) is 22.1 Å². The lowest BCUT2D eigenvalue weighted by molar-refractivity contribution is 0.0751. The van der Waals surface area contributed by atoms with Crippen molar-refractivity contribution in [2.75, 3.05) is 26.8 Å². The van der Waals surface area contributed by atoms with Gasteiger partial charge < -0.3 is 10.5 Å². The van der Waals surface area contributed by atoms with Crippen molar-refractivity contribution in [3.63, 3.8) is 0 Å². The van der Waals surface area contributed by atoms with Crippen molar-refractivity contribution in [3.05, 3.63) is 33.3 Å². The summed E-state index contributed by atoms with van der Waals surface area (Å²) in [6, 6.07) is 6.47. The van der Waals surface area contributed by atoms with E-state index in [0.29, 0.717) is 24.2 Å². The van der Waals surface area contributed by atoms with Crippen LogP contribution in [0.25, 0.3) is 0 Å². The van der Waals surface area contributed by atoms with Crippen LogP contribution in [0.2, 0.25) is 5.02 Å². The molecule has 0 aliphatic heterocycles. The summed E-state index contributed by atoms with van der Waals surface area (Å²) in [5.41, 5.74) is 7.14. The predicted octanol–water partition coefficient (Wildman–Crippen LogP) is 3.46. The lowest BCUT2D eigenvalue weighted by Crippen LogP contribution is -2.42. The van der Waals surface area contributed by atoms with Gasteiger partial charge in [-0.25, -0.2) is 0 Å². The van der Waals surface area contributed by atoms with Gasteiger partial charge in [0.1, 0.15) is 0 Å². The number of likely N-dealkylation sites (N-methyl/N-ethyl adjacent to an activating group) is 1. The Bertz CT molecular complexity index is 403. The molecular weight excluding hydrogens is 328 g/mol. The van der Waals surface area contributed by atoms with E-state index in [-0.39, 0.29) is 6.04 Å². The summed E-state index contributed by atoms with van der Waals surface area (Å²) in [6.45, 7) is 6.47. The summed E-state index contributed by atoms with van der Waals surface area (Å²) < 4.78 is 6.15. The molecule has 2 N–H and O–H groups in total. The zero-order valence-electron chi connectivity index (χ0n) is 11.7. The number of benzene rings is 1. The number of hydrogen-bond acceptors (Lipinski definition) is 3. The van der Waals surface area contributed by atoms with Crippen molar-refractivity contribution in [3.8, 4) is 0 Å². The molecule has 0 spiro atoms. The molecule has 0 saturated carbocycles. The van der Waals surface area contributed by atoms with E-state index in [1.165, 1.54) is 5.56 Å². The molecule has 0 fully saturated rings. The Balaban J connectivity index is 2.99. The minimum absolute atomic E-state index is 0.170. The van der Waals surface area contributed by atoms with Gasteiger partial charge >= 0.3 is 0 Å². The monoisotopic (exact) mass is 348 g/mol. The summed E-state index contributed by atoms with van der Waals surface area (Å²) >= 11 is 9.51. The standard InChI is InChI=1S/C14H22BrClN2O/c1-4-18(10(2)9-19-3)14(8-17)11-5-6-13(16)12(15)7-11/h5-7,10,14H,4,8-9,17H2,1-3H3. The maximum absolute atomic E-state index is 6.04. The Hall–Kier alpha value is -0.130.